The number of hydrogen-bond acceptors (Lipinski definition) is 3. The Morgan fingerprint density at radius 3 is 2.65 bits per heavy atom. The zero-order valence-corrected chi connectivity index (χ0v) is 11.3. The summed E-state index contributed by atoms with van der Waals surface area (Å²) in [5, 5.41) is 11.8. The Labute approximate surface area is 120 Å². The number of nitrogens with one attached hydrogen (secondary N) is 1. The van der Waals surface area contributed by atoms with Gasteiger partial charge in [0.05, 0.1) is 5.56 Å². The molecule has 2 aromatic rings. The molecule has 0 fully saturated rings. The Hall–Kier alpha value is -2.40. The number of anilines is 1. The summed E-state index contributed by atoms with van der Waals surface area (Å²) in [6, 6.07) is 9.21. The fraction of sp³-hybridized carbons (Fsp3) is 0.0714. The molecule has 20 heavy (non-hydrogen) atoms. The number of benzene rings is 1. The summed E-state index contributed by atoms with van der Waals surface area (Å²) in [4.78, 5) is 26.8. The molecule has 6 heteroatoms. The molecule has 0 aliphatic rings. The molecular formula is C14H11ClN2O3. The maximum absolute atomic E-state index is 12.0. The van der Waals surface area contributed by atoms with E-state index in [-0.39, 0.29) is 16.4 Å². The highest BCUT2D eigenvalue weighted by atomic mass is 35.5. The second-order valence-electron chi connectivity index (χ2n) is 4.13. The van der Waals surface area contributed by atoms with Gasteiger partial charge < -0.3 is 10.4 Å². The standard InChI is InChI=1S/C14H11ClN2O3/c1-8-5-6-9(14(19)20)7-11(8)17-13(18)10-3-2-4-12(15)16-10/h2-7H,1H3,(H,17,18)(H,19,20). The van der Waals surface area contributed by atoms with Crippen LogP contribution in [0.25, 0.3) is 0 Å². The lowest BCUT2D eigenvalue weighted by Gasteiger charge is -2.09. The van der Waals surface area contributed by atoms with E-state index in [1.54, 1.807) is 25.1 Å². The minimum absolute atomic E-state index is 0.102. The van der Waals surface area contributed by atoms with Crippen molar-refractivity contribution in [3.05, 3.63) is 58.4 Å². The van der Waals surface area contributed by atoms with Crippen LogP contribution in [-0.2, 0) is 0 Å². The molecule has 0 saturated heterocycles. The van der Waals surface area contributed by atoms with E-state index in [0.29, 0.717) is 5.69 Å². The molecule has 2 rings (SSSR count). The number of carbonyl (C=O) groups is 2. The van der Waals surface area contributed by atoms with Crippen molar-refractivity contribution in [1.29, 1.82) is 0 Å². The minimum Gasteiger partial charge on any atom is -0.478 e. The van der Waals surface area contributed by atoms with Gasteiger partial charge >= 0.3 is 5.97 Å². The van der Waals surface area contributed by atoms with Gasteiger partial charge in [-0.15, -0.1) is 0 Å². The number of carboxylic acid groups (broad SMARTS) is 1. The number of carboxylic acids is 1. The summed E-state index contributed by atoms with van der Waals surface area (Å²) in [5.74, 6) is -1.50. The first kappa shape index (κ1) is 14.0. The summed E-state index contributed by atoms with van der Waals surface area (Å²) in [6.07, 6.45) is 0. The van der Waals surface area contributed by atoms with E-state index in [2.05, 4.69) is 10.3 Å². The summed E-state index contributed by atoms with van der Waals surface area (Å²) >= 11 is 5.72. The van der Waals surface area contributed by atoms with Crippen molar-refractivity contribution < 1.29 is 14.7 Å². The van der Waals surface area contributed by atoms with E-state index in [9.17, 15) is 9.59 Å². The number of halogens is 1. The molecule has 1 aromatic carbocycles. The maximum atomic E-state index is 12.0. The van der Waals surface area contributed by atoms with E-state index in [4.69, 9.17) is 16.7 Å². The van der Waals surface area contributed by atoms with Crippen LogP contribution < -0.4 is 5.32 Å². The van der Waals surface area contributed by atoms with Gasteiger partial charge in [-0.25, -0.2) is 9.78 Å². The highest BCUT2D eigenvalue weighted by Crippen LogP contribution is 2.18. The number of pyridine rings is 1. The van der Waals surface area contributed by atoms with Crippen molar-refractivity contribution >= 4 is 29.2 Å². The van der Waals surface area contributed by atoms with Gasteiger partial charge in [-0.3, -0.25) is 4.79 Å². The molecule has 0 saturated carbocycles. The first-order valence-corrected chi connectivity index (χ1v) is 6.13. The molecular weight excluding hydrogens is 280 g/mol. The summed E-state index contributed by atoms with van der Waals surface area (Å²) in [6.45, 7) is 1.77. The number of hydrogen-bond donors (Lipinski definition) is 2. The van der Waals surface area contributed by atoms with Crippen molar-refractivity contribution in [3.63, 3.8) is 0 Å². The highest BCUT2D eigenvalue weighted by Gasteiger charge is 2.11. The maximum Gasteiger partial charge on any atom is 0.335 e. The number of aryl methyl sites for hydroxylation is 1. The highest BCUT2D eigenvalue weighted by molar-refractivity contribution is 6.29. The number of amides is 1. The van der Waals surface area contributed by atoms with E-state index in [0.717, 1.165) is 5.56 Å². The number of aromatic nitrogens is 1. The normalized spacial score (nSPS) is 10.1. The van der Waals surface area contributed by atoms with Crippen LogP contribution in [0.15, 0.2) is 36.4 Å². The smallest absolute Gasteiger partial charge is 0.335 e. The van der Waals surface area contributed by atoms with Crippen LogP contribution in [0.1, 0.15) is 26.4 Å². The largest absolute Gasteiger partial charge is 0.478 e. The molecule has 0 spiro atoms. The van der Waals surface area contributed by atoms with Crippen LogP contribution in [0.4, 0.5) is 5.69 Å². The van der Waals surface area contributed by atoms with Crippen LogP contribution in [0.3, 0.4) is 0 Å². The first-order valence-electron chi connectivity index (χ1n) is 5.75. The Kier molecular flexibility index (Phi) is 4.00. The predicted octanol–water partition coefficient (Wildman–Crippen LogP) is 2.99. The summed E-state index contributed by atoms with van der Waals surface area (Å²) < 4.78 is 0. The molecule has 0 unspecified atom stereocenters. The average Bonchev–Trinajstić information content (AvgIpc) is 2.41. The lowest BCUT2D eigenvalue weighted by Crippen LogP contribution is -2.15. The molecule has 1 aromatic heterocycles. The number of carbonyl (C=O) groups excluding carboxylic acids is 1. The van der Waals surface area contributed by atoms with Crippen LogP contribution in [-0.4, -0.2) is 22.0 Å². The van der Waals surface area contributed by atoms with Gasteiger partial charge in [-0.1, -0.05) is 23.7 Å². The van der Waals surface area contributed by atoms with Crippen LogP contribution in [0.5, 0.6) is 0 Å². The molecule has 0 radical (unpaired) electrons. The molecule has 2 N–H and O–H groups in total. The number of rotatable bonds is 3. The van der Waals surface area contributed by atoms with E-state index in [1.807, 2.05) is 0 Å². The third kappa shape index (κ3) is 3.13. The Morgan fingerprint density at radius 2 is 2.00 bits per heavy atom. The van der Waals surface area contributed by atoms with Crippen molar-refractivity contribution in [3.8, 4) is 0 Å². The Balaban J connectivity index is 2.27. The van der Waals surface area contributed by atoms with Crippen molar-refractivity contribution in [2.75, 3.05) is 5.32 Å². The van der Waals surface area contributed by atoms with Crippen LogP contribution in [0.2, 0.25) is 5.15 Å². The average molecular weight is 291 g/mol. The molecule has 5 nitrogen and oxygen atoms in total. The summed E-state index contributed by atoms with van der Waals surface area (Å²) in [7, 11) is 0. The van der Waals surface area contributed by atoms with Gasteiger partial charge in [0.2, 0.25) is 0 Å². The predicted molar refractivity (Wildman–Crippen MR) is 75.3 cm³/mol. The van der Waals surface area contributed by atoms with Crippen molar-refractivity contribution in [2.45, 2.75) is 6.92 Å². The third-order valence-corrected chi connectivity index (χ3v) is 2.89. The van der Waals surface area contributed by atoms with Gasteiger partial charge in [0.1, 0.15) is 10.8 Å². The fourth-order valence-corrected chi connectivity index (χ4v) is 1.77. The van der Waals surface area contributed by atoms with E-state index in [1.165, 1.54) is 18.2 Å². The van der Waals surface area contributed by atoms with Gasteiger partial charge in [-0.05, 0) is 36.8 Å². The monoisotopic (exact) mass is 290 g/mol. The summed E-state index contributed by atoms with van der Waals surface area (Å²) in [5.41, 5.74) is 1.45. The molecule has 0 atom stereocenters. The van der Waals surface area contributed by atoms with Crippen molar-refractivity contribution in [1.82, 2.24) is 4.98 Å². The minimum atomic E-state index is -1.05. The van der Waals surface area contributed by atoms with Crippen LogP contribution in [0, 0.1) is 6.92 Å². The quantitative estimate of drug-likeness (QED) is 0.852. The second kappa shape index (κ2) is 5.71. The number of aromatic carboxylic acids is 1. The van der Waals surface area contributed by atoms with Gasteiger partial charge in [-0.2, -0.15) is 0 Å². The number of nitrogens with zero attached hydrogens (tertiary/aromatic N) is 1. The van der Waals surface area contributed by atoms with E-state index < -0.39 is 11.9 Å². The SMILES string of the molecule is Cc1ccc(C(=O)O)cc1NC(=O)c1cccc(Cl)n1. The zero-order valence-electron chi connectivity index (χ0n) is 10.6. The fourth-order valence-electron chi connectivity index (χ4n) is 1.61. The molecule has 1 heterocycles. The molecule has 0 aliphatic heterocycles. The Bertz CT molecular complexity index is 686. The molecule has 0 bridgehead atoms. The third-order valence-electron chi connectivity index (χ3n) is 2.68. The topological polar surface area (TPSA) is 79.3 Å². The Morgan fingerprint density at radius 1 is 1.25 bits per heavy atom. The first-order chi connectivity index (χ1) is 9.47. The van der Waals surface area contributed by atoms with Crippen LogP contribution >= 0.6 is 11.6 Å². The van der Waals surface area contributed by atoms with Crippen molar-refractivity contribution in [2.24, 2.45) is 0 Å². The van der Waals surface area contributed by atoms with Gasteiger partial charge in [0.15, 0.2) is 0 Å². The lowest BCUT2D eigenvalue weighted by molar-refractivity contribution is 0.0696. The van der Waals surface area contributed by atoms with E-state index >= 15 is 0 Å². The second-order valence-corrected chi connectivity index (χ2v) is 4.52. The van der Waals surface area contributed by atoms with Gasteiger partial charge in [0, 0.05) is 5.69 Å². The zero-order chi connectivity index (χ0) is 14.7. The molecule has 1 amide bonds. The molecule has 102 valence electrons. The lowest BCUT2D eigenvalue weighted by atomic mass is 10.1. The molecule has 0 aliphatic carbocycles. The van der Waals surface area contributed by atoms with Gasteiger partial charge in [0.25, 0.3) is 5.91 Å².